The van der Waals surface area contributed by atoms with Gasteiger partial charge in [-0.05, 0) is 57.4 Å². The molecule has 1 fully saturated rings. The largest absolute Gasteiger partial charge is 0.508 e. The van der Waals surface area contributed by atoms with Crippen LogP contribution >= 0.6 is 0 Å². The fraction of sp³-hybridized carbons (Fsp3) is 0.455. The van der Waals surface area contributed by atoms with E-state index in [4.69, 9.17) is 10.1 Å². The standard InChI is InChI=1S/C22H29N5O/c1-4-18-12-21(27-22(24-18)15(2)16(3)25-27)23-19-8-6-10-26(14-19)13-17-7-5-9-20(28)11-17/h5,7,9,11-12,19,23,28H,4,6,8,10,13-14H2,1-3H3/t19-/m0/s1. The monoisotopic (exact) mass is 379 g/mol. The van der Waals surface area contributed by atoms with E-state index >= 15 is 0 Å². The van der Waals surface area contributed by atoms with Gasteiger partial charge in [0.1, 0.15) is 11.6 Å². The third-order valence-electron chi connectivity index (χ3n) is 5.65. The number of aromatic hydroxyl groups is 1. The van der Waals surface area contributed by atoms with E-state index in [2.05, 4.69) is 36.2 Å². The van der Waals surface area contributed by atoms with Gasteiger partial charge >= 0.3 is 0 Å². The smallest absolute Gasteiger partial charge is 0.160 e. The Balaban J connectivity index is 1.53. The van der Waals surface area contributed by atoms with Crippen LogP contribution in [-0.4, -0.2) is 43.7 Å². The maximum Gasteiger partial charge on any atom is 0.160 e. The summed E-state index contributed by atoms with van der Waals surface area (Å²) < 4.78 is 1.96. The second-order valence-corrected chi connectivity index (χ2v) is 7.82. The van der Waals surface area contributed by atoms with Crippen molar-refractivity contribution in [1.29, 1.82) is 0 Å². The minimum Gasteiger partial charge on any atom is -0.508 e. The highest BCUT2D eigenvalue weighted by Gasteiger charge is 2.22. The number of anilines is 1. The highest BCUT2D eigenvalue weighted by molar-refractivity contribution is 5.56. The first kappa shape index (κ1) is 18.7. The fourth-order valence-corrected chi connectivity index (χ4v) is 4.00. The molecule has 148 valence electrons. The van der Waals surface area contributed by atoms with Crippen LogP contribution in [0, 0.1) is 13.8 Å². The first-order chi connectivity index (χ1) is 13.5. The van der Waals surface area contributed by atoms with Crippen LogP contribution in [0.2, 0.25) is 0 Å². The number of phenolic OH excluding ortho intramolecular Hbond substituents is 1. The normalized spacial score (nSPS) is 17.9. The van der Waals surface area contributed by atoms with Gasteiger partial charge < -0.3 is 10.4 Å². The van der Waals surface area contributed by atoms with Crippen molar-refractivity contribution in [3.05, 3.63) is 52.8 Å². The quantitative estimate of drug-likeness (QED) is 0.708. The predicted octanol–water partition coefficient (Wildman–Crippen LogP) is 3.69. The van der Waals surface area contributed by atoms with Gasteiger partial charge in [-0.2, -0.15) is 9.61 Å². The molecule has 0 spiro atoms. The molecule has 2 N–H and O–H groups in total. The molecule has 0 bridgehead atoms. The van der Waals surface area contributed by atoms with Gasteiger partial charge in [-0.15, -0.1) is 0 Å². The van der Waals surface area contributed by atoms with Gasteiger partial charge in [-0.3, -0.25) is 4.90 Å². The van der Waals surface area contributed by atoms with Crippen molar-refractivity contribution in [3.8, 4) is 5.75 Å². The van der Waals surface area contributed by atoms with Crippen LogP contribution in [0.5, 0.6) is 5.75 Å². The van der Waals surface area contributed by atoms with Gasteiger partial charge in [0.25, 0.3) is 0 Å². The molecule has 1 aliphatic heterocycles. The van der Waals surface area contributed by atoms with E-state index in [1.54, 1.807) is 6.07 Å². The van der Waals surface area contributed by atoms with Crippen molar-refractivity contribution in [2.24, 2.45) is 0 Å². The number of nitrogens with one attached hydrogen (secondary N) is 1. The van der Waals surface area contributed by atoms with Gasteiger partial charge in [-0.1, -0.05) is 19.1 Å². The molecule has 28 heavy (non-hydrogen) atoms. The number of hydrogen-bond donors (Lipinski definition) is 2. The summed E-state index contributed by atoms with van der Waals surface area (Å²) in [5.41, 5.74) is 5.36. The van der Waals surface area contributed by atoms with Gasteiger partial charge in [0.2, 0.25) is 0 Å². The number of fused-ring (bicyclic) bond motifs is 1. The molecular weight excluding hydrogens is 350 g/mol. The number of aromatic nitrogens is 3. The number of benzene rings is 1. The molecule has 0 unspecified atom stereocenters. The fourth-order valence-electron chi connectivity index (χ4n) is 4.00. The maximum atomic E-state index is 9.72. The van der Waals surface area contributed by atoms with Crippen molar-refractivity contribution >= 4 is 11.5 Å². The van der Waals surface area contributed by atoms with E-state index in [1.165, 1.54) is 0 Å². The summed E-state index contributed by atoms with van der Waals surface area (Å²) in [4.78, 5) is 7.23. The molecule has 1 saturated heterocycles. The van der Waals surface area contributed by atoms with Crippen LogP contribution in [0.25, 0.3) is 5.65 Å². The minimum atomic E-state index is 0.333. The number of aryl methyl sites for hydroxylation is 3. The molecule has 0 amide bonds. The Morgan fingerprint density at radius 1 is 1.25 bits per heavy atom. The molecule has 0 saturated carbocycles. The number of phenols is 1. The molecule has 0 aliphatic carbocycles. The number of rotatable bonds is 5. The molecule has 4 rings (SSSR count). The zero-order valence-corrected chi connectivity index (χ0v) is 16.9. The average molecular weight is 380 g/mol. The highest BCUT2D eigenvalue weighted by Crippen LogP contribution is 2.22. The lowest BCUT2D eigenvalue weighted by molar-refractivity contribution is 0.208. The lowest BCUT2D eigenvalue weighted by atomic mass is 10.0. The number of hydrogen-bond acceptors (Lipinski definition) is 5. The molecule has 3 aromatic rings. The second-order valence-electron chi connectivity index (χ2n) is 7.82. The molecule has 6 heteroatoms. The Morgan fingerprint density at radius 3 is 2.89 bits per heavy atom. The Morgan fingerprint density at radius 2 is 2.11 bits per heavy atom. The maximum absolute atomic E-state index is 9.72. The summed E-state index contributed by atoms with van der Waals surface area (Å²) in [7, 11) is 0. The van der Waals surface area contributed by atoms with Crippen LogP contribution in [-0.2, 0) is 13.0 Å². The Bertz CT molecular complexity index is 980. The van der Waals surface area contributed by atoms with Crippen molar-refractivity contribution in [2.45, 2.75) is 52.6 Å². The summed E-state index contributed by atoms with van der Waals surface area (Å²) in [6, 6.07) is 10.1. The van der Waals surface area contributed by atoms with Crippen molar-refractivity contribution in [2.75, 3.05) is 18.4 Å². The second kappa shape index (κ2) is 7.80. The number of piperidine rings is 1. The van der Waals surface area contributed by atoms with Crippen LogP contribution in [0.4, 0.5) is 5.82 Å². The first-order valence-corrected chi connectivity index (χ1v) is 10.2. The molecule has 1 aromatic carbocycles. The van der Waals surface area contributed by atoms with Gasteiger partial charge in [0, 0.05) is 36.5 Å². The van der Waals surface area contributed by atoms with E-state index in [-0.39, 0.29) is 0 Å². The highest BCUT2D eigenvalue weighted by atomic mass is 16.3. The van der Waals surface area contributed by atoms with Crippen molar-refractivity contribution in [1.82, 2.24) is 19.5 Å². The average Bonchev–Trinajstić information content (AvgIpc) is 2.97. The summed E-state index contributed by atoms with van der Waals surface area (Å²) in [5.74, 6) is 1.36. The van der Waals surface area contributed by atoms with Crippen LogP contribution < -0.4 is 5.32 Å². The SMILES string of the molecule is CCc1cc(N[C@H]2CCCN(Cc3cccc(O)c3)C2)n2nc(C)c(C)c2n1. The van der Waals surface area contributed by atoms with E-state index < -0.39 is 0 Å². The van der Waals surface area contributed by atoms with Gasteiger partial charge in [0.05, 0.1) is 5.69 Å². The van der Waals surface area contributed by atoms with Crippen LogP contribution in [0.3, 0.4) is 0 Å². The van der Waals surface area contributed by atoms with E-state index in [0.29, 0.717) is 11.8 Å². The first-order valence-electron chi connectivity index (χ1n) is 10.2. The molecule has 6 nitrogen and oxygen atoms in total. The number of likely N-dealkylation sites (tertiary alicyclic amines) is 1. The number of nitrogens with zero attached hydrogens (tertiary/aromatic N) is 4. The minimum absolute atomic E-state index is 0.333. The van der Waals surface area contributed by atoms with E-state index in [1.807, 2.05) is 23.6 Å². The van der Waals surface area contributed by atoms with Gasteiger partial charge in [-0.25, -0.2) is 4.98 Å². The third kappa shape index (κ3) is 3.83. The van der Waals surface area contributed by atoms with Crippen LogP contribution in [0.15, 0.2) is 30.3 Å². The van der Waals surface area contributed by atoms with Crippen LogP contribution in [0.1, 0.15) is 42.3 Å². The summed E-state index contributed by atoms with van der Waals surface area (Å²) in [6.07, 6.45) is 3.20. The predicted molar refractivity (Wildman–Crippen MR) is 112 cm³/mol. The lowest BCUT2D eigenvalue weighted by Crippen LogP contribution is -2.42. The Labute approximate surface area is 166 Å². The van der Waals surface area contributed by atoms with E-state index in [0.717, 1.165) is 72.9 Å². The summed E-state index contributed by atoms with van der Waals surface area (Å²) in [5, 5.41) is 18.2. The molecule has 3 heterocycles. The zero-order valence-electron chi connectivity index (χ0n) is 16.9. The topological polar surface area (TPSA) is 65.7 Å². The molecule has 0 radical (unpaired) electrons. The molecule has 1 atom stereocenters. The lowest BCUT2D eigenvalue weighted by Gasteiger charge is -2.33. The summed E-state index contributed by atoms with van der Waals surface area (Å²) in [6.45, 7) is 9.18. The van der Waals surface area contributed by atoms with Crippen molar-refractivity contribution in [3.63, 3.8) is 0 Å². The van der Waals surface area contributed by atoms with Crippen molar-refractivity contribution < 1.29 is 5.11 Å². The summed E-state index contributed by atoms with van der Waals surface area (Å²) >= 11 is 0. The Kier molecular flexibility index (Phi) is 5.22. The van der Waals surface area contributed by atoms with E-state index in [9.17, 15) is 5.11 Å². The molecule has 1 aliphatic rings. The zero-order chi connectivity index (χ0) is 19.7. The third-order valence-corrected chi connectivity index (χ3v) is 5.65. The molecule has 2 aromatic heterocycles. The molecular formula is C22H29N5O. The van der Waals surface area contributed by atoms with Gasteiger partial charge in [0.15, 0.2) is 5.65 Å². The Hall–Kier alpha value is -2.60.